The van der Waals surface area contributed by atoms with Crippen LogP contribution in [0.15, 0.2) is 36.7 Å². The molecule has 3 aromatic rings. The van der Waals surface area contributed by atoms with Gasteiger partial charge in [-0.1, -0.05) is 0 Å². The van der Waals surface area contributed by atoms with Crippen molar-refractivity contribution in [2.24, 2.45) is 5.73 Å². The van der Waals surface area contributed by atoms with Gasteiger partial charge in [-0.15, -0.1) is 0 Å². The molecule has 146 valence electrons. The molecule has 0 aliphatic carbocycles. The maximum Gasteiger partial charge on any atom is 0.341 e. The summed E-state index contributed by atoms with van der Waals surface area (Å²) in [5.41, 5.74) is 6.58. The van der Waals surface area contributed by atoms with Crippen LogP contribution >= 0.6 is 0 Å². The summed E-state index contributed by atoms with van der Waals surface area (Å²) in [4.78, 5) is 18.0. The van der Waals surface area contributed by atoms with Gasteiger partial charge in [0.15, 0.2) is 5.65 Å². The van der Waals surface area contributed by atoms with E-state index >= 15 is 0 Å². The van der Waals surface area contributed by atoms with E-state index in [-0.39, 0.29) is 23.1 Å². The number of halogens is 1. The fourth-order valence-electron chi connectivity index (χ4n) is 3.61. The van der Waals surface area contributed by atoms with Crippen molar-refractivity contribution >= 4 is 17.4 Å². The Labute approximate surface area is 160 Å². The molecule has 28 heavy (non-hydrogen) atoms. The SMILES string of the molecule is NCCOc1ccc(F)cc1[C@H]1CCCN1c1ccn2ncc(C(=O)O)c2n1. The lowest BCUT2D eigenvalue weighted by atomic mass is 10.0. The van der Waals surface area contributed by atoms with Gasteiger partial charge in [0.05, 0.1) is 12.2 Å². The molecule has 1 aromatic carbocycles. The molecular formula is C19H20FN5O3. The lowest BCUT2D eigenvalue weighted by molar-refractivity contribution is 0.0698. The van der Waals surface area contributed by atoms with E-state index in [2.05, 4.69) is 10.1 Å². The first-order valence-corrected chi connectivity index (χ1v) is 9.05. The normalized spacial score (nSPS) is 16.6. The molecule has 3 N–H and O–H groups in total. The number of anilines is 1. The first kappa shape index (κ1) is 18.2. The number of nitrogens with two attached hydrogens (primary N) is 1. The third-order valence-electron chi connectivity index (χ3n) is 4.84. The Morgan fingerprint density at radius 3 is 3.04 bits per heavy atom. The molecule has 0 unspecified atom stereocenters. The summed E-state index contributed by atoms with van der Waals surface area (Å²) in [6.07, 6.45) is 4.66. The van der Waals surface area contributed by atoms with Crippen LogP contribution in [0.5, 0.6) is 5.75 Å². The number of ether oxygens (including phenoxy) is 1. The quantitative estimate of drug-likeness (QED) is 0.670. The summed E-state index contributed by atoms with van der Waals surface area (Å²) < 4.78 is 21.1. The molecule has 0 radical (unpaired) electrons. The third-order valence-corrected chi connectivity index (χ3v) is 4.84. The van der Waals surface area contributed by atoms with Gasteiger partial charge < -0.3 is 20.5 Å². The van der Waals surface area contributed by atoms with Crippen molar-refractivity contribution in [3.63, 3.8) is 0 Å². The minimum atomic E-state index is -1.08. The van der Waals surface area contributed by atoms with Gasteiger partial charge in [0.2, 0.25) is 0 Å². The van der Waals surface area contributed by atoms with Crippen LogP contribution in [0.1, 0.15) is 34.8 Å². The number of carboxylic acid groups (broad SMARTS) is 1. The molecule has 2 aromatic heterocycles. The second kappa shape index (κ2) is 7.43. The minimum Gasteiger partial charge on any atom is -0.492 e. The van der Waals surface area contributed by atoms with E-state index in [1.54, 1.807) is 18.3 Å². The number of fused-ring (bicyclic) bond motifs is 1. The Balaban J connectivity index is 1.73. The average molecular weight is 385 g/mol. The van der Waals surface area contributed by atoms with E-state index in [9.17, 15) is 14.3 Å². The van der Waals surface area contributed by atoms with E-state index < -0.39 is 5.97 Å². The lowest BCUT2D eigenvalue weighted by Gasteiger charge is -2.27. The Kier molecular flexibility index (Phi) is 4.82. The number of rotatable bonds is 6. The number of benzene rings is 1. The van der Waals surface area contributed by atoms with Crippen LogP contribution in [0.4, 0.5) is 10.2 Å². The molecule has 1 aliphatic rings. The molecule has 0 amide bonds. The highest BCUT2D eigenvalue weighted by Gasteiger charge is 2.30. The Hall–Kier alpha value is -3.20. The van der Waals surface area contributed by atoms with E-state index in [1.165, 1.54) is 22.8 Å². The Morgan fingerprint density at radius 2 is 2.25 bits per heavy atom. The fourth-order valence-corrected chi connectivity index (χ4v) is 3.61. The van der Waals surface area contributed by atoms with Crippen LogP contribution in [-0.4, -0.2) is 45.4 Å². The third kappa shape index (κ3) is 3.24. The van der Waals surface area contributed by atoms with Crippen molar-refractivity contribution < 1.29 is 19.0 Å². The van der Waals surface area contributed by atoms with Gasteiger partial charge in [0.25, 0.3) is 0 Å². The van der Waals surface area contributed by atoms with Crippen molar-refractivity contribution in [2.75, 3.05) is 24.6 Å². The highest BCUT2D eigenvalue weighted by Crippen LogP contribution is 2.39. The molecule has 0 bridgehead atoms. The number of carbonyl (C=O) groups is 1. The highest BCUT2D eigenvalue weighted by molar-refractivity contribution is 5.94. The molecule has 4 rings (SSSR count). The smallest absolute Gasteiger partial charge is 0.341 e. The zero-order valence-corrected chi connectivity index (χ0v) is 15.1. The summed E-state index contributed by atoms with van der Waals surface area (Å²) in [6.45, 7) is 1.42. The van der Waals surface area contributed by atoms with Crippen molar-refractivity contribution in [1.29, 1.82) is 0 Å². The number of aromatic carboxylic acids is 1. The van der Waals surface area contributed by atoms with E-state index in [0.29, 0.717) is 24.7 Å². The van der Waals surface area contributed by atoms with Gasteiger partial charge in [0.1, 0.15) is 29.6 Å². The van der Waals surface area contributed by atoms with Crippen LogP contribution in [0.2, 0.25) is 0 Å². The fraction of sp³-hybridized carbons (Fsp3) is 0.316. The molecule has 1 saturated heterocycles. The number of hydrogen-bond acceptors (Lipinski definition) is 6. The van der Waals surface area contributed by atoms with Gasteiger partial charge in [-0.2, -0.15) is 5.10 Å². The molecule has 9 heteroatoms. The number of hydrogen-bond donors (Lipinski definition) is 2. The highest BCUT2D eigenvalue weighted by atomic mass is 19.1. The van der Waals surface area contributed by atoms with Crippen LogP contribution < -0.4 is 15.4 Å². The van der Waals surface area contributed by atoms with Crippen molar-refractivity contribution in [2.45, 2.75) is 18.9 Å². The molecule has 3 heterocycles. The number of carboxylic acids is 1. The van der Waals surface area contributed by atoms with Gasteiger partial charge in [-0.05, 0) is 37.1 Å². The second-order valence-corrected chi connectivity index (χ2v) is 6.59. The zero-order chi connectivity index (χ0) is 19.7. The predicted molar refractivity (Wildman–Crippen MR) is 100 cm³/mol. The van der Waals surface area contributed by atoms with E-state index in [0.717, 1.165) is 24.9 Å². The van der Waals surface area contributed by atoms with Crippen LogP contribution in [-0.2, 0) is 0 Å². The van der Waals surface area contributed by atoms with Crippen LogP contribution in [0, 0.1) is 5.82 Å². The lowest BCUT2D eigenvalue weighted by Crippen LogP contribution is -2.25. The molecule has 1 aliphatic heterocycles. The molecule has 8 nitrogen and oxygen atoms in total. The molecular weight excluding hydrogens is 365 g/mol. The second-order valence-electron chi connectivity index (χ2n) is 6.59. The van der Waals surface area contributed by atoms with E-state index in [1.807, 2.05) is 4.90 Å². The van der Waals surface area contributed by atoms with Gasteiger partial charge in [-0.3, -0.25) is 0 Å². The number of nitrogens with zero attached hydrogens (tertiary/aromatic N) is 4. The molecule has 1 fully saturated rings. The van der Waals surface area contributed by atoms with Crippen molar-refractivity contribution in [3.05, 3.63) is 53.6 Å². The summed E-state index contributed by atoms with van der Waals surface area (Å²) in [5, 5.41) is 13.3. The van der Waals surface area contributed by atoms with Crippen LogP contribution in [0.25, 0.3) is 5.65 Å². The molecule has 1 atom stereocenters. The molecule has 0 spiro atoms. The van der Waals surface area contributed by atoms with Gasteiger partial charge in [0, 0.05) is 24.8 Å². The Bertz CT molecular complexity index is 1020. The average Bonchev–Trinajstić information content (AvgIpc) is 3.33. The topological polar surface area (TPSA) is 106 Å². The van der Waals surface area contributed by atoms with Gasteiger partial charge in [-0.25, -0.2) is 18.7 Å². The monoisotopic (exact) mass is 385 g/mol. The van der Waals surface area contributed by atoms with Crippen LogP contribution in [0.3, 0.4) is 0 Å². The van der Waals surface area contributed by atoms with Gasteiger partial charge >= 0.3 is 5.97 Å². The van der Waals surface area contributed by atoms with Crippen molar-refractivity contribution in [3.8, 4) is 5.75 Å². The predicted octanol–water partition coefficient (Wildman–Crippen LogP) is 2.25. The molecule has 0 saturated carbocycles. The maximum absolute atomic E-state index is 14.0. The minimum absolute atomic E-state index is 0.0373. The Morgan fingerprint density at radius 1 is 1.39 bits per heavy atom. The van der Waals surface area contributed by atoms with Crippen molar-refractivity contribution in [1.82, 2.24) is 14.6 Å². The first-order chi connectivity index (χ1) is 13.6. The standard InChI is InChI=1S/C19H20FN5O3/c20-12-3-4-16(28-9-6-21)13(10-12)15-2-1-7-24(15)17-5-8-25-18(23-17)14(11-22-25)19(26)27/h3-5,8,10-11,15H,1-2,6-7,9,21H2,(H,26,27)/t15-/m1/s1. The first-order valence-electron chi connectivity index (χ1n) is 9.05. The zero-order valence-electron chi connectivity index (χ0n) is 15.1. The summed E-state index contributed by atoms with van der Waals surface area (Å²) in [5.74, 6) is -0.207. The summed E-state index contributed by atoms with van der Waals surface area (Å²) >= 11 is 0. The number of aromatic nitrogens is 3. The largest absolute Gasteiger partial charge is 0.492 e. The maximum atomic E-state index is 14.0. The summed E-state index contributed by atoms with van der Waals surface area (Å²) in [7, 11) is 0. The van der Waals surface area contributed by atoms with E-state index in [4.69, 9.17) is 10.5 Å². The summed E-state index contributed by atoms with van der Waals surface area (Å²) in [6, 6.07) is 6.12.